The summed E-state index contributed by atoms with van der Waals surface area (Å²) in [4.78, 5) is 0. The van der Waals surface area contributed by atoms with Crippen LogP contribution in [-0.4, -0.2) is 35.5 Å². The molecular weight excluding hydrogens is 174 g/mol. The molecule has 0 saturated carbocycles. The second-order valence-corrected chi connectivity index (χ2v) is 3.37. The van der Waals surface area contributed by atoms with E-state index in [2.05, 4.69) is 0 Å². The lowest BCUT2D eigenvalue weighted by Crippen LogP contribution is -2.41. The average molecular weight is 185 g/mol. The van der Waals surface area contributed by atoms with Gasteiger partial charge in [-0.25, -0.2) is 0 Å². The van der Waals surface area contributed by atoms with Crippen molar-refractivity contribution in [1.29, 1.82) is 0 Å². The maximum Gasteiger partial charge on any atom is 0.333 e. The van der Waals surface area contributed by atoms with E-state index in [1.807, 2.05) is 0 Å². The minimum Gasteiger partial charge on any atom is -0.365 e. The van der Waals surface area contributed by atoms with Crippen molar-refractivity contribution in [2.45, 2.75) is 19.1 Å². The van der Waals surface area contributed by atoms with Crippen LogP contribution >= 0.6 is 0 Å². The van der Waals surface area contributed by atoms with Crippen LogP contribution in [0, 0.1) is 0 Å². The Hall–Kier alpha value is -0.210. The van der Waals surface area contributed by atoms with Crippen LogP contribution in [0.4, 0.5) is 0 Å². The number of hydrogen-bond donors (Lipinski definition) is 4. The third kappa shape index (κ3) is 6.20. The van der Waals surface area contributed by atoms with Crippen molar-refractivity contribution in [3.05, 3.63) is 0 Å². The SMILES string of the molecule is CCC(O)(O)CNS(=O)(=O)O. The molecular formula is C4H11NO5S. The molecule has 0 unspecified atom stereocenters. The lowest BCUT2D eigenvalue weighted by molar-refractivity contribution is -0.155. The van der Waals surface area contributed by atoms with Gasteiger partial charge in [-0.3, -0.25) is 4.55 Å². The van der Waals surface area contributed by atoms with Gasteiger partial charge in [0.25, 0.3) is 0 Å². The normalized spacial score (nSPS) is 13.5. The summed E-state index contributed by atoms with van der Waals surface area (Å²) < 4.78 is 29.7. The van der Waals surface area contributed by atoms with E-state index < -0.39 is 22.6 Å². The Morgan fingerprint density at radius 1 is 1.45 bits per heavy atom. The molecule has 0 aromatic rings. The summed E-state index contributed by atoms with van der Waals surface area (Å²) in [6.07, 6.45) is -0.0322. The van der Waals surface area contributed by atoms with E-state index in [-0.39, 0.29) is 6.42 Å². The highest BCUT2D eigenvalue weighted by Gasteiger charge is 2.21. The van der Waals surface area contributed by atoms with Gasteiger partial charge in [-0.05, 0) is 6.42 Å². The predicted octanol–water partition coefficient (Wildman–Crippen LogP) is -1.53. The molecule has 6 nitrogen and oxygen atoms in total. The molecule has 68 valence electrons. The summed E-state index contributed by atoms with van der Waals surface area (Å²) in [6.45, 7) is 0.841. The van der Waals surface area contributed by atoms with Crippen LogP contribution in [0.2, 0.25) is 0 Å². The molecule has 0 rings (SSSR count). The van der Waals surface area contributed by atoms with Crippen molar-refractivity contribution in [2.75, 3.05) is 6.54 Å². The lowest BCUT2D eigenvalue weighted by atomic mass is 10.2. The van der Waals surface area contributed by atoms with Gasteiger partial charge in [0.15, 0.2) is 5.79 Å². The first kappa shape index (κ1) is 10.8. The standard InChI is InChI=1S/C4H11NO5S/c1-2-4(6,7)3-5-11(8,9)10/h5-7H,2-3H2,1H3,(H,8,9,10). The third-order valence-electron chi connectivity index (χ3n) is 1.10. The number of hydrogen-bond acceptors (Lipinski definition) is 4. The molecule has 0 saturated heterocycles. The Kier molecular flexibility index (Phi) is 3.39. The molecule has 0 amide bonds. The van der Waals surface area contributed by atoms with Crippen molar-refractivity contribution >= 4 is 10.3 Å². The van der Waals surface area contributed by atoms with Gasteiger partial charge in [-0.2, -0.15) is 13.1 Å². The zero-order chi connectivity index (χ0) is 9.12. The quantitative estimate of drug-likeness (QED) is 0.314. The van der Waals surface area contributed by atoms with E-state index in [0.29, 0.717) is 0 Å². The molecule has 0 aromatic heterocycles. The number of rotatable bonds is 4. The van der Waals surface area contributed by atoms with Crippen LogP contribution in [0.1, 0.15) is 13.3 Å². The van der Waals surface area contributed by atoms with Gasteiger partial charge in [-0.1, -0.05) is 6.92 Å². The first-order valence-electron chi connectivity index (χ1n) is 2.94. The van der Waals surface area contributed by atoms with Gasteiger partial charge in [0.1, 0.15) is 0 Å². The Balaban J connectivity index is 3.90. The molecule has 0 aliphatic heterocycles. The largest absolute Gasteiger partial charge is 0.365 e. The molecule has 7 heteroatoms. The molecule has 0 atom stereocenters. The molecule has 0 aromatic carbocycles. The minimum atomic E-state index is -4.34. The summed E-state index contributed by atoms with van der Waals surface area (Å²) in [5.74, 6) is -2.10. The fourth-order valence-corrected chi connectivity index (χ4v) is 0.745. The maximum atomic E-state index is 10.0. The van der Waals surface area contributed by atoms with Gasteiger partial charge in [-0.15, -0.1) is 0 Å². The van der Waals surface area contributed by atoms with Gasteiger partial charge >= 0.3 is 10.3 Å². The van der Waals surface area contributed by atoms with E-state index in [9.17, 15) is 8.42 Å². The van der Waals surface area contributed by atoms with Gasteiger partial charge in [0.05, 0.1) is 6.54 Å². The monoisotopic (exact) mass is 185 g/mol. The molecule has 0 radical (unpaired) electrons. The van der Waals surface area contributed by atoms with Crippen molar-refractivity contribution < 1.29 is 23.2 Å². The maximum absolute atomic E-state index is 10.0. The highest BCUT2D eigenvalue weighted by Crippen LogP contribution is 2.02. The van der Waals surface area contributed by atoms with E-state index in [0.717, 1.165) is 0 Å². The Morgan fingerprint density at radius 3 is 2.18 bits per heavy atom. The molecule has 0 fully saturated rings. The van der Waals surface area contributed by atoms with E-state index in [1.54, 1.807) is 4.72 Å². The van der Waals surface area contributed by atoms with Crippen molar-refractivity contribution in [2.24, 2.45) is 0 Å². The Labute approximate surface area is 64.7 Å². The second-order valence-electron chi connectivity index (χ2n) is 2.13. The fourth-order valence-electron chi connectivity index (χ4n) is 0.332. The fraction of sp³-hybridized carbons (Fsp3) is 1.00. The Bertz CT molecular complexity index is 209. The van der Waals surface area contributed by atoms with Crippen molar-refractivity contribution in [1.82, 2.24) is 4.72 Å². The van der Waals surface area contributed by atoms with Crippen LogP contribution in [0.5, 0.6) is 0 Å². The van der Waals surface area contributed by atoms with Crippen LogP contribution in [0.3, 0.4) is 0 Å². The third-order valence-corrected chi connectivity index (χ3v) is 1.61. The average Bonchev–Trinajstić information content (AvgIpc) is 1.83. The summed E-state index contributed by atoms with van der Waals surface area (Å²) >= 11 is 0. The van der Waals surface area contributed by atoms with Gasteiger partial charge < -0.3 is 10.2 Å². The van der Waals surface area contributed by atoms with Crippen LogP contribution in [0.15, 0.2) is 0 Å². The molecule has 0 spiro atoms. The molecule has 11 heavy (non-hydrogen) atoms. The molecule has 0 aliphatic carbocycles. The molecule has 0 aliphatic rings. The van der Waals surface area contributed by atoms with E-state index in [1.165, 1.54) is 6.92 Å². The molecule has 0 bridgehead atoms. The van der Waals surface area contributed by atoms with Gasteiger partial charge in [0, 0.05) is 0 Å². The summed E-state index contributed by atoms with van der Waals surface area (Å²) in [7, 11) is -4.34. The summed E-state index contributed by atoms with van der Waals surface area (Å²) in [6, 6.07) is 0. The van der Waals surface area contributed by atoms with Crippen LogP contribution < -0.4 is 4.72 Å². The smallest absolute Gasteiger partial charge is 0.333 e. The first-order valence-corrected chi connectivity index (χ1v) is 4.38. The summed E-state index contributed by atoms with van der Waals surface area (Å²) in [5, 5.41) is 17.6. The minimum absolute atomic E-state index is 0.0322. The highest BCUT2D eigenvalue weighted by molar-refractivity contribution is 7.83. The summed E-state index contributed by atoms with van der Waals surface area (Å²) in [5.41, 5.74) is 0. The predicted molar refractivity (Wildman–Crippen MR) is 37.0 cm³/mol. The first-order chi connectivity index (χ1) is 4.77. The van der Waals surface area contributed by atoms with Crippen molar-refractivity contribution in [3.63, 3.8) is 0 Å². The topological polar surface area (TPSA) is 107 Å². The van der Waals surface area contributed by atoms with Crippen LogP contribution in [-0.2, 0) is 10.3 Å². The van der Waals surface area contributed by atoms with E-state index in [4.69, 9.17) is 14.8 Å². The second kappa shape index (κ2) is 3.46. The van der Waals surface area contributed by atoms with E-state index >= 15 is 0 Å². The molecule has 4 N–H and O–H groups in total. The zero-order valence-electron chi connectivity index (χ0n) is 5.98. The lowest BCUT2D eigenvalue weighted by Gasteiger charge is -2.18. The van der Waals surface area contributed by atoms with Crippen molar-refractivity contribution in [3.8, 4) is 0 Å². The molecule has 0 heterocycles. The number of aliphatic hydroxyl groups is 2. The van der Waals surface area contributed by atoms with Gasteiger partial charge in [0.2, 0.25) is 0 Å². The van der Waals surface area contributed by atoms with Crippen LogP contribution in [0.25, 0.3) is 0 Å². The zero-order valence-corrected chi connectivity index (χ0v) is 6.80. The number of nitrogens with one attached hydrogen (secondary N) is 1. The highest BCUT2D eigenvalue weighted by atomic mass is 32.2. The Morgan fingerprint density at radius 2 is 1.91 bits per heavy atom.